The van der Waals surface area contributed by atoms with Crippen LogP contribution in [0.3, 0.4) is 0 Å². The van der Waals surface area contributed by atoms with Crippen LogP contribution in [0.5, 0.6) is 0 Å². The van der Waals surface area contributed by atoms with Crippen LogP contribution in [0.25, 0.3) is 0 Å². The van der Waals surface area contributed by atoms with Crippen molar-refractivity contribution in [1.82, 2.24) is 4.90 Å². The first kappa shape index (κ1) is 18.5. The molecule has 1 fully saturated rings. The van der Waals surface area contributed by atoms with E-state index in [0.717, 1.165) is 43.6 Å². The summed E-state index contributed by atoms with van der Waals surface area (Å²) in [6.07, 6.45) is 4.25. The predicted molar refractivity (Wildman–Crippen MR) is 92.6 cm³/mol. The number of likely N-dealkylation sites (tertiary alicyclic amines) is 1. The number of carbonyl (C=O) groups excluding carboxylic acids is 1. The summed E-state index contributed by atoms with van der Waals surface area (Å²) in [5, 5.41) is 0. The van der Waals surface area contributed by atoms with E-state index in [1.807, 2.05) is 4.90 Å². The fourth-order valence-electron chi connectivity index (χ4n) is 2.83. The standard InChI is InChI=1S/C16H26N2OS.ClH/c1-4-6-13-12(5-2)9-14(20-13)15(19)18-8-7-16(3,10-17)11-18;/h9H,4-8,10-11,17H2,1-3H3;1H. The first-order valence-corrected chi connectivity index (χ1v) is 8.45. The van der Waals surface area contributed by atoms with Crippen molar-refractivity contribution in [3.63, 3.8) is 0 Å². The van der Waals surface area contributed by atoms with Crippen molar-refractivity contribution in [1.29, 1.82) is 0 Å². The molecule has 3 nitrogen and oxygen atoms in total. The lowest BCUT2D eigenvalue weighted by Gasteiger charge is -2.22. The zero-order valence-corrected chi connectivity index (χ0v) is 14.9. The van der Waals surface area contributed by atoms with Gasteiger partial charge in [-0.3, -0.25) is 4.79 Å². The summed E-state index contributed by atoms with van der Waals surface area (Å²) in [7, 11) is 0. The van der Waals surface area contributed by atoms with Crippen LogP contribution in [0.2, 0.25) is 0 Å². The van der Waals surface area contributed by atoms with Crippen molar-refractivity contribution in [3.05, 3.63) is 21.4 Å². The molecule has 5 heteroatoms. The molecule has 1 saturated heterocycles. The molecule has 1 aromatic rings. The van der Waals surface area contributed by atoms with Crippen molar-refractivity contribution in [2.24, 2.45) is 11.1 Å². The third-order valence-electron chi connectivity index (χ3n) is 4.30. The summed E-state index contributed by atoms with van der Waals surface area (Å²) in [6.45, 7) is 8.82. The molecule has 2 heterocycles. The number of carbonyl (C=O) groups is 1. The van der Waals surface area contributed by atoms with E-state index in [2.05, 4.69) is 26.8 Å². The lowest BCUT2D eigenvalue weighted by molar-refractivity contribution is 0.0781. The van der Waals surface area contributed by atoms with Crippen LogP contribution in [0.15, 0.2) is 6.07 Å². The maximum atomic E-state index is 12.6. The molecular weight excluding hydrogens is 304 g/mol. The molecule has 120 valence electrons. The second-order valence-corrected chi connectivity index (χ2v) is 7.29. The minimum absolute atomic E-state index is 0. The fourth-order valence-corrected chi connectivity index (χ4v) is 4.15. The number of aryl methyl sites for hydroxylation is 2. The molecule has 1 unspecified atom stereocenters. The second kappa shape index (κ2) is 7.61. The Morgan fingerprint density at radius 3 is 2.71 bits per heavy atom. The van der Waals surface area contributed by atoms with Crippen molar-refractivity contribution < 1.29 is 4.79 Å². The second-order valence-electron chi connectivity index (χ2n) is 6.15. The maximum absolute atomic E-state index is 12.6. The Morgan fingerprint density at radius 1 is 1.48 bits per heavy atom. The maximum Gasteiger partial charge on any atom is 0.263 e. The van der Waals surface area contributed by atoms with Gasteiger partial charge in [-0.2, -0.15) is 0 Å². The normalized spacial score (nSPS) is 21.4. The monoisotopic (exact) mass is 330 g/mol. The number of nitrogens with zero attached hydrogens (tertiary/aromatic N) is 1. The Labute approximate surface area is 138 Å². The zero-order chi connectivity index (χ0) is 14.8. The molecule has 2 rings (SSSR count). The Hall–Kier alpha value is -0.580. The lowest BCUT2D eigenvalue weighted by atomic mass is 9.90. The third kappa shape index (κ3) is 3.99. The van der Waals surface area contributed by atoms with Crippen LogP contribution in [0.4, 0.5) is 0 Å². The van der Waals surface area contributed by atoms with Crippen molar-refractivity contribution >= 4 is 29.7 Å². The Morgan fingerprint density at radius 2 is 2.19 bits per heavy atom. The smallest absolute Gasteiger partial charge is 0.263 e. The van der Waals surface area contributed by atoms with Gasteiger partial charge in [0, 0.05) is 18.0 Å². The highest BCUT2D eigenvalue weighted by molar-refractivity contribution is 7.14. The Balaban J connectivity index is 0.00000220. The quantitative estimate of drug-likeness (QED) is 0.898. The zero-order valence-electron chi connectivity index (χ0n) is 13.3. The van der Waals surface area contributed by atoms with Gasteiger partial charge in [-0.15, -0.1) is 23.7 Å². The summed E-state index contributed by atoms with van der Waals surface area (Å²) in [5.41, 5.74) is 7.28. The van der Waals surface area contributed by atoms with E-state index in [1.165, 1.54) is 10.4 Å². The van der Waals surface area contributed by atoms with E-state index in [-0.39, 0.29) is 23.7 Å². The summed E-state index contributed by atoms with van der Waals surface area (Å²) in [4.78, 5) is 16.9. The molecule has 1 aromatic heterocycles. The van der Waals surface area contributed by atoms with Gasteiger partial charge in [0.05, 0.1) is 4.88 Å². The minimum atomic E-state index is 0. The van der Waals surface area contributed by atoms with Crippen LogP contribution in [0.1, 0.15) is 53.7 Å². The van der Waals surface area contributed by atoms with Crippen molar-refractivity contribution in [3.8, 4) is 0 Å². The molecule has 1 atom stereocenters. The SMILES string of the molecule is CCCc1sc(C(=O)N2CCC(C)(CN)C2)cc1CC.Cl. The molecular formula is C16H27ClN2OS. The molecule has 0 aromatic carbocycles. The molecule has 1 aliphatic rings. The summed E-state index contributed by atoms with van der Waals surface area (Å²) in [5.74, 6) is 0.198. The van der Waals surface area contributed by atoms with E-state index < -0.39 is 0 Å². The van der Waals surface area contributed by atoms with E-state index in [4.69, 9.17) is 5.73 Å². The average Bonchev–Trinajstić information content (AvgIpc) is 3.03. The van der Waals surface area contributed by atoms with Crippen LogP contribution in [0, 0.1) is 5.41 Å². The lowest BCUT2D eigenvalue weighted by Crippen LogP contribution is -2.34. The molecule has 1 amide bonds. The van der Waals surface area contributed by atoms with Gasteiger partial charge < -0.3 is 10.6 Å². The number of rotatable bonds is 5. The largest absolute Gasteiger partial charge is 0.337 e. The van der Waals surface area contributed by atoms with Gasteiger partial charge in [-0.05, 0) is 42.9 Å². The topological polar surface area (TPSA) is 46.3 Å². The molecule has 21 heavy (non-hydrogen) atoms. The molecule has 1 aliphatic heterocycles. The van der Waals surface area contributed by atoms with Crippen LogP contribution in [-0.4, -0.2) is 30.4 Å². The van der Waals surface area contributed by atoms with E-state index >= 15 is 0 Å². The van der Waals surface area contributed by atoms with Crippen molar-refractivity contribution in [2.75, 3.05) is 19.6 Å². The fraction of sp³-hybridized carbons (Fsp3) is 0.688. The Kier molecular flexibility index (Phi) is 6.70. The molecule has 0 bridgehead atoms. The number of nitrogens with two attached hydrogens (primary N) is 1. The average molecular weight is 331 g/mol. The van der Waals surface area contributed by atoms with Gasteiger partial charge in [0.25, 0.3) is 5.91 Å². The minimum Gasteiger partial charge on any atom is -0.337 e. The molecule has 0 aliphatic carbocycles. The van der Waals surface area contributed by atoms with Gasteiger partial charge in [0.2, 0.25) is 0 Å². The van der Waals surface area contributed by atoms with E-state index in [0.29, 0.717) is 6.54 Å². The first-order chi connectivity index (χ1) is 9.53. The summed E-state index contributed by atoms with van der Waals surface area (Å²) in [6, 6.07) is 2.11. The van der Waals surface area contributed by atoms with Gasteiger partial charge in [-0.25, -0.2) is 0 Å². The Bertz CT molecular complexity index is 489. The number of hydrogen-bond donors (Lipinski definition) is 1. The molecule has 0 saturated carbocycles. The molecule has 0 spiro atoms. The first-order valence-electron chi connectivity index (χ1n) is 7.64. The number of hydrogen-bond acceptors (Lipinski definition) is 3. The molecule has 2 N–H and O–H groups in total. The third-order valence-corrected chi connectivity index (χ3v) is 5.53. The molecule has 0 radical (unpaired) electrons. The van der Waals surface area contributed by atoms with Gasteiger partial charge in [0.15, 0.2) is 0 Å². The number of thiophene rings is 1. The summed E-state index contributed by atoms with van der Waals surface area (Å²) < 4.78 is 0. The highest BCUT2D eigenvalue weighted by Gasteiger charge is 2.35. The van der Waals surface area contributed by atoms with Crippen molar-refractivity contribution in [2.45, 2.75) is 46.5 Å². The van der Waals surface area contributed by atoms with E-state index in [9.17, 15) is 4.79 Å². The van der Waals surface area contributed by atoms with E-state index in [1.54, 1.807) is 11.3 Å². The van der Waals surface area contributed by atoms with Gasteiger partial charge in [-0.1, -0.05) is 27.2 Å². The van der Waals surface area contributed by atoms with Crippen LogP contribution < -0.4 is 5.73 Å². The highest BCUT2D eigenvalue weighted by Crippen LogP contribution is 2.32. The van der Waals surface area contributed by atoms with Crippen LogP contribution >= 0.6 is 23.7 Å². The predicted octanol–water partition coefficient (Wildman–Crippen LogP) is 3.50. The van der Waals surface area contributed by atoms with Gasteiger partial charge >= 0.3 is 0 Å². The van der Waals surface area contributed by atoms with Gasteiger partial charge in [0.1, 0.15) is 0 Å². The number of halogens is 1. The summed E-state index contributed by atoms with van der Waals surface area (Å²) >= 11 is 1.69. The number of amides is 1. The van der Waals surface area contributed by atoms with Crippen LogP contribution in [-0.2, 0) is 12.8 Å². The highest BCUT2D eigenvalue weighted by atomic mass is 35.5.